The molecule has 0 atom stereocenters. The molecule has 2 rings (SSSR count). The number of hydrogen-bond acceptors (Lipinski definition) is 3. The zero-order valence-electron chi connectivity index (χ0n) is 11.9. The summed E-state index contributed by atoms with van der Waals surface area (Å²) in [5.74, 6) is 0.720. The first kappa shape index (κ1) is 18.6. The minimum Gasteiger partial charge on any atom is -0.468 e. The third-order valence-electron chi connectivity index (χ3n) is 2.84. The van der Waals surface area contributed by atoms with Crippen LogP contribution in [0.2, 0.25) is 0 Å². The van der Waals surface area contributed by atoms with Crippen LogP contribution in [0.25, 0.3) is 11.3 Å². The number of ether oxygens (including phenoxy) is 2. The third kappa shape index (κ3) is 4.49. The molecule has 1 radical (unpaired) electrons. The average molecular weight is 426 g/mol. The monoisotopic (exact) mass is 425 g/mol. The molecule has 109 valence electrons. The predicted octanol–water partition coefficient (Wildman–Crippen LogP) is 3.08. The van der Waals surface area contributed by atoms with Crippen LogP contribution in [0.15, 0.2) is 39.6 Å². The molecule has 1 heterocycles. The Kier molecular flexibility index (Phi) is 7.81. The second-order valence-corrected chi connectivity index (χ2v) is 4.96. The molecule has 4 nitrogen and oxygen atoms in total. The molecule has 0 aliphatic rings. The number of rotatable bonds is 5. The fourth-order valence-electron chi connectivity index (χ4n) is 1.88. The molecular formula is C15H15BrNO3Y-. The standard InChI is InChI=1S/C15H15BrNO3.Y/c1-3-17-14(9-8-13(16)15(17)18)11-4-6-12(7-5-11)20-10-19-2;/h4-8H,3,10H2,1-2H3;/q-1;. The summed E-state index contributed by atoms with van der Waals surface area (Å²) in [4.78, 5) is 12.1. The van der Waals surface area contributed by atoms with Gasteiger partial charge in [-0.25, -0.2) is 0 Å². The van der Waals surface area contributed by atoms with Gasteiger partial charge in [0.2, 0.25) is 5.56 Å². The largest absolute Gasteiger partial charge is 0.468 e. The zero-order valence-corrected chi connectivity index (χ0v) is 16.4. The van der Waals surface area contributed by atoms with Gasteiger partial charge in [0.15, 0.2) is 6.79 Å². The molecule has 6 heteroatoms. The number of pyridine rings is 1. The Morgan fingerprint density at radius 1 is 1.29 bits per heavy atom. The number of methoxy groups -OCH3 is 1. The van der Waals surface area contributed by atoms with Crippen molar-refractivity contribution in [3.8, 4) is 17.0 Å². The van der Waals surface area contributed by atoms with Gasteiger partial charge in [-0.1, -0.05) is 11.3 Å². The molecule has 1 aromatic heterocycles. The summed E-state index contributed by atoms with van der Waals surface area (Å²) in [6.07, 6.45) is 0. The number of nitrogens with zero attached hydrogens (tertiary/aromatic N) is 1. The molecule has 0 bridgehead atoms. The summed E-state index contributed by atoms with van der Waals surface area (Å²) < 4.78 is 12.4. The summed E-state index contributed by atoms with van der Waals surface area (Å²) in [5, 5.41) is 0. The second kappa shape index (κ2) is 8.84. The van der Waals surface area contributed by atoms with Crippen LogP contribution in [0.3, 0.4) is 0 Å². The van der Waals surface area contributed by atoms with Gasteiger partial charge in [0.1, 0.15) is 5.75 Å². The maximum Gasteiger partial charge on any atom is 0.208 e. The molecule has 0 aliphatic carbocycles. The van der Waals surface area contributed by atoms with Crippen molar-refractivity contribution < 1.29 is 42.2 Å². The third-order valence-corrected chi connectivity index (χ3v) is 3.41. The molecule has 0 saturated carbocycles. The van der Waals surface area contributed by atoms with E-state index in [1.807, 2.05) is 31.2 Å². The molecule has 21 heavy (non-hydrogen) atoms. The van der Waals surface area contributed by atoms with Crippen LogP contribution in [-0.2, 0) is 44.0 Å². The van der Waals surface area contributed by atoms with Crippen molar-refractivity contribution in [2.45, 2.75) is 13.5 Å². The van der Waals surface area contributed by atoms with E-state index in [1.54, 1.807) is 17.7 Å². The Morgan fingerprint density at radius 2 is 1.95 bits per heavy atom. The van der Waals surface area contributed by atoms with Crippen LogP contribution >= 0.6 is 15.9 Å². The number of benzene rings is 1. The van der Waals surface area contributed by atoms with Crippen molar-refractivity contribution in [2.24, 2.45) is 0 Å². The van der Waals surface area contributed by atoms with Crippen molar-refractivity contribution in [1.29, 1.82) is 0 Å². The molecule has 0 N–H and O–H groups in total. The van der Waals surface area contributed by atoms with Gasteiger partial charge in [0.25, 0.3) is 0 Å². The van der Waals surface area contributed by atoms with Gasteiger partial charge in [-0.3, -0.25) is 4.79 Å². The van der Waals surface area contributed by atoms with Gasteiger partial charge in [-0.05, 0) is 23.5 Å². The summed E-state index contributed by atoms with van der Waals surface area (Å²) in [7, 11) is 1.57. The maximum atomic E-state index is 12.1. The van der Waals surface area contributed by atoms with Crippen LogP contribution in [0.1, 0.15) is 6.92 Å². The molecular weight excluding hydrogens is 411 g/mol. The van der Waals surface area contributed by atoms with Crippen molar-refractivity contribution in [3.05, 3.63) is 51.2 Å². The summed E-state index contributed by atoms with van der Waals surface area (Å²) in [5.41, 5.74) is 1.63. The molecule has 0 fully saturated rings. The molecule has 1 aromatic carbocycles. The van der Waals surface area contributed by atoms with E-state index in [0.717, 1.165) is 17.0 Å². The zero-order chi connectivity index (χ0) is 14.5. The van der Waals surface area contributed by atoms with Gasteiger partial charge >= 0.3 is 0 Å². The molecule has 0 aliphatic heterocycles. The summed E-state index contributed by atoms with van der Waals surface area (Å²) in [6, 6.07) is 12.3. The molecule has 0 saturated heterocycles. The van der Waals surface area contributed by atoms with Crippen molar-refractivity contribution in [3.63, 3.8) is 0 Å². The molecule has 0 amide bonds. The van der Waals surface area contributed by atoms with Crippen LogP contribution in [0, 0.1) is 6.07 Å². The first-order valence-electron chi connectivity index (χ1n) is 6.20. The Balaban J connectivity index is 0.00000220. The van der Waals surface area contributed by atoms with Crippen LogP contribution < -0.4 is 10.3 Å². The number of halogens is 1. The van der Waals surface area contributed by atoms with E-state index in [4.69, 9.17) is 9.47 Å². The first-order chi connectivity index (χ1) is 9.67. The van der Waals surface area contributed by atoms with Gasteiger partial charge in [0.05, 0.1) is 0 Å². The van der Waals surface area contributed by atoms with Crippen LogP contribution in [0.4, 0.5) is 0 Å². The Morgan fingerprint density at radius 3 is 2.52 bits per heavy atom. The molecule has 0 spiro atoms. The van der Waals surface area contributed by atoms with E-state index >= 15 is 0 Å². The van der Waals surface area contributed by atoms with Crippen molar-refractivity contribution >= 4 is 15.9 Å². The maximum absolute atomic E-state index is 12.1. The molecule has 0 unspecified atom stereocenters. The average Bonchev–Trinajstić information content (AvgIpc) is 2.48. The van der Waals surface area contributed by atoms with E-state index in [0.29, 0.717) is 11.0 Å². The minimum absolute atomic E-state index is 0. The number of hydrogen-bond donors (Lipinski definition) is 0. The quantitative estimate of drug-likeness (QED) is 0.546. The van der Waals surface area contributed by atoms with E-state index in [9.17, 15) is 4.79 Å². The second-order valence-electron chi connectivity index (χ2n) is 4.11. The van der Waals surface area contributed by atoms with Gasteiger partial charge in [0, 0.05) is 46.4 Å². The Labute approximate surface area is 157 Å². The number of aromatic nitrogens is 1. The fourth-order valence-corrected chi connectivity index (χ4v) is 2.21. The topological polar surface area (TPSA) is 40.5 Å². The first-order valence-corrected chi connectivity index (χ1v) is 7.00. The van der Waals surface area contributed by atoms with Crippen LogP contribution in [0.5, 0.6) is 5.75 Å². The predicted molar refractivity (Wildman–Crippen MR) is 80.9 cm³/mol. The van der Waals surface area contributed by atoms with Gasteiger partial charge in [-0.2, -0.15) is 12.1 Å². The fraction of sp³-hybridized carbons (Fsp3) is 0.267. The van der Waals surface area contributed by atoms with E-state index < -0.39 is 0 Å². The molecule has 2 aromatic rings. The smallest absolute Gasteiger partial charge is 0.208 e. The van der Waals surface area contributed by atoms with E-state index in [1.165, 1.54) is 0 Å². The van der Waals surface area contributed by atoms with Gasteiger partial charge in [-0.15, -0.1) is 28.1 Å². The van der Waals surface area contributed by atoms with E-state index in [-0.39, 0.29) is 45.1 Å². The SMILES string of the molecule is CCn1c(-c2ccc(OCOC)cc2)[c-]cc(Br)c1=O.[Y]. The normalized spacial score (nSPS) is 10.0. The summed E-state index contributed by atoms with van der Waals surface area (Å²) >= 11 is 3.24. The van der Waals surface area contributed by atoms with E-state index in [2.05, 4.69) is 22.0 Å². The van der Waals surface area contributed by atoms with Crippen LogP contribution in [-0.4, -0.2) is 18.5 Å². The van der Waals surface area contributed by atoms with Gasteiger partial charge < -0.3 is 14.0 Å². The Bertz CT molecular complexity index is 640. The summed E-state index contributed by atoms with van der Waals surface area (Å²) in [6.45, 7) is 2.73. The minimum atomic E-state index is -0.0547. The van der Waals surface area contributed by atoms with Crippen molar-refractivity contribution in [2.75, 3.05) is 13.9 Å². The van der Waals surface area contributed by atoms with Crippen molar-refractivity contribution in [1.82, 2.24) is 4.57 Å². The Hall–Kier alpha value is -0.486.